The highest BCUT2D eigenvalue weighted by Gasteiger charge is 2.34. The maximum Gasteiger partial charge on any atom is 0.270 e. The van der Waals surface area contributed by atoms with Gasteiger partial charge in [-0.3, -0.25) is 19.8 Å². The first-order valence-corrected chi connectivity index (χ1v) is 10.0. The number of ether oxygens (including phenoxy) is 2. The molecule has 1 heterocycles. The fourth-order valence-electron chi connectivity index (χ4n) is 2.83. The van der Waals surface area contributed by atoms with Crippen molar-refractivity contribution in [1.82, 2.24) is 5.32 Å². The lowest BCUT2D eigenvalue weighted by atomic mass is 10.1. The molecule has 0 unspecified atom stereocenters. The summed E-state index contributed by atoms with van der Waals surface area (Å²) in [5, 5.41) is 2.61. The molecule has 29 heavy (non-hydrogen) atoms. The highest BCUT2D eigenvalue weighted by Crippen LogP contribution is 2.34. The molecule has 0 spiro atoms. The molecule has 1 aliphatic heterocycles. The zero-order valence-corrected chi connectivity index (χ0v) is 18.5. The Morgan fingerprint density at radius 2 is 1.90 bits per heavy atom. The number of rotatable bonds is 5. The van der Waals surface area contributed by atoms with Crippen LogP contribution >= 0.6 is 28.1 Å². The van der Waals surface area contributed by atoms with Gasteiger partial charge in [0.1, 0.15) is 5.57 Å². The van der Waals surface area contributed by atoms with Crippen LogP contribution in [0.4, 0.5) is 5.69 Å². The number of halogens is 1. The summed E-state index contributed by atoms with van der Waals surface area (Å²) in [6, 6.07) is 12.4. The van der Waals surface area contributed by atoms with Crippen LogP contribution in [0.1, 0.15) is 19.4 Å². The minimum absolute atomic E-state index is 0.0274. The van der Waals surface area contributed by atoms with E-state index in [9.17, 15) is 9.59 Å². The number of benzene rings is 2. The van der Waals surface area contributed by atoms with Gasteiger partial charge >= 0.3 is 0 Å². The monoisotopic (exact) mass is 474 g/mol. The number of amides is 2. The number of nitrogens with one attached hydrogen (secondary N) is 1. The highest BCUT2D eigenvalue weighted by molar-refractivity contribution is 9.10. The third-order valence-electron chi connectivity index (χ3n) is 4.05. The smallest absolute Gasteiger partial charge is 0.270 e. The van der Waals surface area contributed by atoms with E-state index in [2.05, 4.69) is 21.2 Å². The third-order valence-corrected chi connectivity index (χ3v) is 4.83. The zero-order chi connectivity index (χ0) is 21.1. The van der Waals surface area contributed by atoms with Crippen molar-refractivity contribution in [3.63, 3.8) is 0 Å². The van der Waals surface area contributed by atoms with Crippen molar-refractivity contribution in [2.24, 2.45) is 0 Å². The van der Waals surface area contributed by atoms with Gasteiger partial charge in [-0.1, -0.05) is 34.1 Å². The van der Waals surface area contributed by atoms with Gasteiger partial charge < -0.3 is 9.47 Å². The largest absolute Gasteiger partial charge is 0.493 e. The maximum atomic E-state index is 13.2. The van der Waals surface area contributed by atoms with Crippen LogP contribution in [0.5, 0.6) is 11.5 Å². The van der Waals surface area contributed by atoms with E-state index < -0.39 is 11.8 Å². The first-order chi connectivity index (χ1) is 13.8. The van der Waals surface area contributed by atoms with E-state index in [1.165, 1.54) is 18.1 Å². The normalized spacial score (nSPS) is 15.7. The lowest BCUT2D eigenvalue weighted by Gasteiger charge is -2.29. The van der Waals surface area contributed by atoms with Crippen LogP contribution < -0.4 is 19.7 Å². The van der Waals surface area contributed by atoms with Crippen LogP contribution in [0.3, 0.4) is 0 Å². The van der Waals surface area contributed by atoms with E-state index in [0.29, 0.717) is 22.7 Å². The van der Waals surface area contributed by atoms with Crippen LogP contribution in [0.2, 0.25) is 0 Å². The van der Waals surface area contributed by atoms with E-state index in [4.69, 9.17) is 21.7 Å². The van der Waals surface area contributed by atoms with Crippen molar-refractivity contribution in [2.75, 3.05) is 12.0 Å². The standard InChI is InChI=1S/C21H19BrN2O4S/c1-12(2)28-18-13(6-4-9-17(18)27-3)10-16-19(25)23-21(29)24(20(16)26)15-8-5-7-14(22)11-15/h4-12H,1-3H3,(H,23,25,29). The van der Waals surface area contributed by atoms with Gasteiger partial charge in [0.2, 0.25) is 0 Å². The second-order valence-corrected chi connectivity index (χ2v) is 7.79. The van der Waals surface area contributed by atoms with Crippen LogP contribution in [0.15, 0.2) is 52.5 Å². The number of thiocarbonyl (C=S) groups is 1. The first kappa shape index (κ1) is 21.0. The molecular formula is C21H19BrN2O4S. The molecule has 2 amide bonds. The maximum absolute atomic E-state index is 13.2. The molecular weight excluding hydrogens is 456 g/mol. The Morgan fingerprint density at radius 3 is 2.55 bits per heavy atom. The van der Waals surface area contributed by atoms with Gasteiger partial charge in [0.15, 0.2) is 16.6 Å². The molecule has 8 heteroatoms. The summed E-state index contributed by atoms with van der Waals surface area (Å²) < 4.78 is 12.0. The Balaban J connectivity index is 2.08. The Morgan fingerprint density at radius 1 is 1.17 bits per heavy atom. The molecule has 0 aliphatic carbocycles. The summed E-state index contributed by atoms with van der Waals surface area (Å²) in [5.74, 6) is -0.115. The number of hydrogen-bond acceptors (Lipinski definition) is 5. The van der Waals surface area contributed by atoms with E-state index in [1.807, 2.05) is 19.9 Å². The average Bonchev–Trinajstić information content (AvgIpc) is 2.65. The molecule has 6 nitrogen and oxygen atoms in total. The molecule has 3 rings (SSSR count). The fraction of sp³-hybridized carbons (Fsp3) is 0.190. The number of nitrogens with zero attached hydrogens (tertiary/aromatic N) is 1. The molecule has 1 N–H and O–H groups in total. The summed E-state index contributed by atoms with van der Waals surface area (Å²) in [4.78, 5) is 27.0. The van der Waals surface area contributed by atoms with Gasteiger partial charge in [-0.25, -0.2) is 0 Å². The van der Waals surface area contributed by atoms with Crippen LogP contribution in [-0.4, -0.2) is 30.1 Å². The molecule has 2 aromatic carbocycles. The molecule has 1 fully saturated rings. The van der Waals surface area contributed by atoms with Crippen molar-refractivity contribution in [3.8, 4) is 11.5 Å². The van der Waals surface area contributed by atoms with Crippen LogP contribution in [-0.2, 0) is 9.59 Å². The SMILES string of the molecule is COc1cccc(C=C2C(=O)NC(=S)N(c3cccc(Br)c3)C2=O)c1OC(C)C. The van der Waals surface area contributed by atoms with E-state index >= 15 is 0 Å². The van der Waals surface area contributed by atoms with Gasteiger partial charge in [0.25, 0.3) is 11.8 Å². The molecule has 150 valence electrons. The van der Waals surface area contributed by atoms with Crippen molar-refractivity contribution in [2.45, 2.75) is 20.0 Å². The van der Waals surface area contributed by atoms with Gasteiger partial charge in [-0.15, -0.1) is 0 Å². The number of methoxy groups -OCH3 is 1. The van der Waals surface area contributed by atoms with Crippen molar-refractivity contribution in [1.29, 1.82) is 0 Å². The molecule has 2 aromatic rings. The van der Waals surface area contributed by atoms with E-state index in [1.54, 1.807) is 36.4 Å². The zero-order valence-electron chi connectivity index (χ0n) is 16.1. The first-order valence-electron chi connectivity index (χ1n) is 8.82. The molecule has 0 saturated carbocycles. The minimum Gasteiger partial charge on any atom is -0.493 e. The molecule has 0 atom stereocenters. The average molecular weight is 475 g/mol. The number of carbonyl (C=O) groups excluding carboxylic acids is 2. The van der Waals surface area contributed by atoms with Crippen molar-refractivity contribution >= 4 is 56.8 Å². The Bertz CT molecular complexity index is 1020. The van der Waals surface area contributed by atoms with Gasteiger partial charge in [0.05, 0.1) is 18.9 Å². The number of hydrogen-bond donors (Lipinski definition) is 1. The number of carbonyl (C=O) groups is 2. The molecule has 1 aliphatic rings. The highest BCUT2D eigenvalue weighted by atomic mass is 79.9. The van der Waals surface area contributed by atoms with Crippen molar-refractivity contribution < 1.29 is 19.1 Å². The lowest BCUT2D eigenvalue weighted by Crippen LogP contribution is -2.54. The summed E-state index contributed by atoms with van der Waals surface area (Å²) in [7, 11) is 1.53. The van der Waals surface area contributed by atoms with Gasteiger partial charge in [0, 0.05) is 10.0 Å². The fourth-order valence-corrected chi connectivity index (χ4v) is 3.50. The number of para-hydroxylation sites is 1. The van der Waals surface area contributed by atoms with Crippen molar-refractivity contribution in [3.05, 3.63) is 58.1 Å². The predicted octanol–water partition coefficient (Wildman–Crippen LogP) is 4.08. The summed E-state index contributed by atoms with van der Waals surface area (Å²) in [6.45, 7) is 3.77. The summed E-state index contributed by atoms with van der Waals surface area (Å²) in [5.41, 5.74) is 1.04. The van der Waals surface area contributed by atoms with E-state index in [-0.39, 0.29) is 16.8 Å². The van der Waals surface area contributed by atoms with Crippen LogP contribution in [0, 0.1) is 0 Å². The Hall–Kier alpha value is -2.71. The molecule has 0 radical (unpaired) electrons. The minimum atomic E-state index is -0.565. The Kier molecular flexibility index (Phi) is 6.34. The lowest BCUT2D eigenvalue weighted by molar-refractivity contribution is -0.122. The van der Waals surface area contributed by atoms with E-state index in [0.717, 1.165) is 4.47 Å². The Labute approximate surface area is 182 Å². The third kappa shape index (κ3) is 4.49. The molecule has 1 saturated heterocycles. The van der Waals surface area contributed by atoms with Crippen LogP contribution in [0.25, 0.3) is 6.08 Å². The summed E-state index contributed by atoms with van der Waals surface area (Å²) >= 11 is 8.62. The second kappa shape index (κ2) is 8.75. The van der Waals surface area contributed by atoms with Gasteiger partial charge in [-0.2, -0.15) is 0 Å². The van der Waals surface area contributed by atoms with Gasteiger partial charge in [-0.05, 0) is 56.4 Å². The molecule has 0 aromatic heterocycles. The number of anilines is 1. The second-order valence-electron chi connectivity index (χ2n) is 6.48. The summed E-state index contributed by atoms with van der Waals surface area (Å²) in [6.07, 6.45) is 1.37. The predicted molar refractivity (Wildman–Crippen MR) is 119 cm³/mol. The topological polar surface area (TPSA) is 67.9 Å². The quantitative estimate of drug-likeness (QED) is 0.401. The molecule has 0 bridgehead atoms.